The van der Waals surface area contributed by atoms with Crippen LogP contribution in [0.1, 0.15) is 31.4 Å². The molecule has 2 rings (SSSR count). The standard InChI is InChI=1S/C14H19NO3/c1-2-12(11-5-3-4-6-13(11)16)15-8-10(9-15)7-14(17)18/h3-6,10,12,16H,2,7-9H2,1H3,(H,17,18). The average molecular weight is 249 g/mol. The molecule has 98 valence electrons. The van der Waals surface area contributed by atoms with Gasteiger partial charge in [0.25, 0.3) is 0 Å². The molecule has 0 bridgehead atoms. The fourth-order valence-electron chi connectivity index (χ4n) is 2.68. The molecular formula is C14H19NO3. The lowest BCUT2D eigenvalue weighted by molar-refractivity contribution is -0.139. The van der Waals surface area contributed by atoms with E-state index in [9.17, 15) is 9.90 Å². The topological polar surface area (TPSA) is 60.8 Å². The molecule has 1 unspecified atom stereocenters. The minimum absolute atomic E-state index is 0.191. The first-order valence-corrected chi connectivity index (χ1v) is 6.35. The van der Waals surface area contributed by atoms with Gasteiger partial charge in [0, 0.05) is 24.7 Å². The van der Waals surface area contributed by atoms with E-state index in [-0.39, 0.29) is 18.4 Å². The van der Waals surface area contributed by atoms with E-state index < -0.39 is 5.97 Å². The van der Waals surface area contributed by atoms with Crippen LogP contribution in [0.25, 0.3) is 0 Å². The molecule has 0 spiro atoms. The van der Waals surface area contributed by atoms with E-state index >= 15 is 0 Å². The number of carboxylic acids is 1. The van der Waals surface area contributed by atoms with Crippen LogP contribution in [0.5, 0.6) is 5.75 Å². The number of hydrogen-bond donors (Lipinski definition) is 2. The molecule has 0 aliphatic carbocycles. The summed E-state index contributed by atoms with van der Waals surface area (Å²) in [7, 11) is 0. The molecule has 1 aliphatic rings. The molecule has 0 amide bonds. The van der Waals surface area contributed by atoms with Gasteiger partial charge in [0.2, 0.25) is 0 Å². The summed E-state index contributed by atoms with van der Waals surface area (Å²) in [5, 5.41) is 18.6. The van der Waals surface area contributed by atoms with Crippen molar-refractivity contribution in [2.45, 2.75) is 25.8 Å². The normalized spacial score (nSPS) is 18.3. The first-order chi connectivity index (χ1) is 8.61. The van der Waals surface area contributed by atoms with E-state index in [1.165, 1.54) is 0 Å². The number of nitrogens with zero attached hydrogens (tertiary/aromatic N) is 1. The molecule has 1 saturated heterocycles. The molecule has 1 aromatic carbocycles. The zero-order chi connectivity index (χ0) is 13.1. The Morgan fingerprint density at radius 3 is 2.67 bits per heavy atom. The molecule has 4 nitrogen and oxygen atoms in total. The number of aromatic hydroxyl groups is 1. The van der Waals surface area contributed by atoms with Gasteiger partial charge in [0.15, 0.2) is 0 Å². The predicted octanol–water partition coefficient (Wildman–Crippen LogP) is 2.25. The van der Waals surface area contributed by atoms with Crippen LogP contribution >= 0.6 is 0 Å². The molecule has 18 heavy (non-hydrogen) atoms. The molecule has 1 heterocycles. The van der Waals surface area contributed by atoms with Gasteiger partial charge in [-0.2, -0.15) is 0 Å². The summed E-state index contributed by atoms with van der Waals surface area (Å²) in [4.78, 5) is 12.9. The van der Waals surface area contributed by atoms with Gasteiger partial charge < -0.3 is 10.2 Å². The molecule has 0 saturated carbocycles. The Kier molecular flexibility index (Phi) is 3.87. The second-order valence-corrected chi connectivity index (χ2v) is 4.90. The number of phenolic OH excluding ortho intramolecular Hbond substituents is 1. The first-order valence-electron chi connectivity index (χ1n) is 6.35. The number of phenols is 1. The SMILES string of the molecule is CCC(c1ccccc1O)N1CC(CC(=O)O)C1. The number of carbonyl (C=O) groups is 1. The van der Waals surface area contributed by atoms with Gasteiger partial charge in [-0.3, -0.25) is 9.69 Å². The van der Waals surface area contributed by atoms with E-state index in [2.05, 4.69) is 11.8 Å². The largest absolute Gasteiger partial charge is 0.508 e. The van der Waals surface area contributed by atoms with Crippen molar-refractivity contribution in [3.8, 4) is 5.75 Å². The van der Waals surface area contributed by atoms with Crippen LogP contribution in [0.4, 0.5) is 0 Å². The molecule has 0 radical (unpaired) electrons. The maximum atomic E-state index is 10.6. The van der Waals surface area contributed by atoms with Crippen LogP contribution in [-0.2, 0) is 4.79 Å². The lowest BCUT2D eigenvalue weighted by atomic mass is 9.90. The second kappa shape index (κ2) is 5.40. The number of rotatable bonds is 5. The summed E-state index contributed by atoms with van der Waals surface area (Å²) < 4.78 is 0. The zero-order valence-corrected chi connectivity index (χ0v) is 10.5. The number of carboxylic acid groups (broad SMARTS) is 1. The fourth-order valence-corrected chi connectivity index (χ4v) is 2.68. The smallest absolute Gasteiger partial charge is 0.303 e. The van der Waals surface area contributed by atoms with Crippen molar-refractivity contribution < 1.29 is 15.0 Å². The Balaban J connectivity index is 2.00. The molecule has 1 fully saturated rings. The molecule has 2 N–H and O–H groups in total. The maximum Gasteiger partial charge on any atom is 0.303 e. The van der Waals surface area contributed by atoms with Crippen LogP contribution in [0, 0.1) is 5.92 Å². The van der Waals surface area contributed by atoms with Crippen LogP contribution in [0.15, 0.2) is 24.3 Å². The highest BCUT2D eigenvalue weighted by Crippen LogP contribution is 2.36. The second-order valence-electron chi connectivity index (χ2n) is 4.90. The Morgan fingerprint density at radius 1 is 1.44 bits per heavy atom. The van der Waals surface area contributed by atoms with E-state index in [4.69, 9.17) is 5.11 Å². The van der Waals surface area contributed by atoms with Gasteiger partial charge in [-0.15, -0.1) is 0 Å². The Morgan fingerprint density at radius 2 is 2.11 bits per heavy atom. The van der Waals surface area contributed by atoms with E-state index in [0.717, 1.165) is 25.1 Å². The van der Waals surface area contributed by atoms with Crippen LogP contribution in [-0.4, -0.2) is 34.2 Å². The monoisotopic (exact) mass is 249 g/mol. The van der Waals surface area contributed by atoms with Gasteiger partial charge in [0.1, 0.15) is 5.75 Å². The molecule has 4 heteroatoms. The van der Waals surface area contributed by atoms with Crippen molar-refractivity contribution in [3.63, 3.8) is 0 Å². The third-order valence-electron chi connectivity index (χ3n) is 3.57. The minimum Gasteiger partial charge on any atom is -0.508 e. The minimum atomic E-state index is -0.727. The number of para-hydroxylation sites is 1. The third-order valence-corrected chi connectivity index (χ3v) is 3.57. The summed E-state index contributed by atoms with van der Waals surface area (Å²) in [6, 6.07) is 7.57. The van der Waals surface area contributed by atoms with Crippen molar-refractivity contribution in [2.75, 3.05) is 13.1 Å². The maximum absolute atomic E-state index is 10.6. The highest BCUT2D eigenvalue weighted by atomic mass is 16.4. The zero-order valence-electron chi connectivity index (χ0n) is 10.5. The average Bonchev–Trinajstić information content (AvgIpc) is 2.28. The Bertz CT molecular complexity index is 427. The molecule has 0 aromatic heterocycles. The van der Waals surface area contributed by atoms with Crippen LogP contribution in [0.2, 0.25) is 0 Å². The summed E-state index contributed by atoms with van der Waals surface area (Å²) >= 11 is 0. The van der Waals surface area contributed by atoms with Crippen molar-refractivity contribution >= 4 is 5.97 Å². The first kappa shape index (κ1) is 12.9. The van der Waals surface area contributed by atoms with Crippen molar-refractivity contribution in [2.24, 2.45) is 5.92 Å². The molecule has 1 aromatic rings. The molecule has 1 aliphatic heterocycles. The van der Waals surface area contributed by atoms with Crippen LogP contribution < -0.4 is 0 Å². The van der Waals surface area contributed by atoms with E-state index in [0.29, 0.717) is 5.75 Å². The molecule has 1 atom stereocenters. The van der Waals surface area contributed by atoms with Crippen LogP contribution in [0.3, 0.4) is 0 Å². The number of likely N-dealkylation sites (tertiary alicyclic amines) is 1. The fraction of sp³-hybridized carbons (Fsp3) is 0.500. The van der Waals surface area contributed by atoms with E-state index in [1.54, 1.807) is 6.07 Å². The van der Waals surface area contributed by atoms with Gasteiger partial charge in [0.05, 0.1) is 6.42 Å². The highest BCUT2D eigenvalue weighted by Gasteiger charge is 2.34. The van der Waals surface area contributed by atoms with Crippen molar-refractivity contribution in [1.82, 2.24) is 4.90 Å². The molecular weight excluding hydrogens is 230 g/mol. The lowest BCUT2D eigenvalue weighted by Crippen LogP contribution is -2.49. The number of aliphatic carboxylic acids is 1. The summed E-state index contributed by atoms with van der Waals surface area (Å²) in [5.74, 6) is -0.149. The third kappa shape index (κ3) is 2.64. The van der Waals surface area contributed by atoms with Gasteiger partial charge >= 0.3 is 5.97 Å². The summed E-state index contributed by atoms with van der Waals surface area (Å²) in [6.45, 7) is 3.69. The Hall–Kier alpha value is -1.55. The van der Waals surface area contributed by atoms with Gasteiger partial charge in [-0.05, 0) is 18.4 Å². The quantitative estimate of drug-likeness (QED) is 0.840. The summed E-state index contributed by atoms with van der Waals surface area (Å²) in [5.41, 5.74) is 0.939. The van der Waals surface area contributed by atoms with Gasteiger partial charge in [-0.25, -0.2) is 0 Å². The Labute approximate surface area is 107 Å². The van der Waals surface area contributed by atoms with Crippen molar-refractivity contribution in [1.29, 1.82) is 0 Å². The van der Waals surface area contributed by atoms with E-state index in [1.807, 2.05) is 18.2 Å². The summed E-state index contributed by atoms with van der Waals surface area (Å²) in [6.07, 6.45) is 1.16. The predicted molar refractivity (Wildman–Crippen MR) is 68.5 cm³/mol. The highest BCUT2D eigenvalue weighted by molar-refractivity contribution is 5.67. The number of benzene rings is 1. The lowest BCUT2D eigenvalue weighted by Gasteiger charge is -2.44. The number of hydrogen-bond acceptors (Lipinski definition) is 3. The van der Waals surface area contributed by atoms with Crippen molar-refractivity contribution in [3.05, 3.63) is 29.8 Å². The van der Waals surface area contributed by atoms with Gasteiger partial charge in [-0.1, -0.05) is 25.1 Å².